The van der Waals surface area contributed by atoms with Gasteiger partial charge in [0, 0.05) is 5.92 Å². The van der Waals surface area contributed by atoms with E-state index in [0.29, 0.717) is 5.13 Å². The first-order valence-electron chi connectivity index (χ1n) is 8.23. The molecule has 0 aliphatic carbocycles. The Hall–Kier alpha value is -2.81. The first-order valence-corrected chi connectivity index (χ1v) is 9.04. The summed E-state index contributed by atoms with van der Waals surface area (Å²) in [5, 5.41) is 14.3. The van der Waals surface area contributed by atoms with E-state index < -0.39 is 23.9 Å². The minimum Gasteiger partial charge on any atom is -0.325 e. The molecule has 8 nitrogen and oxygen atoms in total. The number of amides is 4. The molecule has 2 aromatic rings. The second kappa shape index (κ2) is 7.61. The number of carbonyl (C=O) groups is 3. The summed E-state index contributed by atoms with van der Waals surface area (Å²) in [6.45, 7) is 4.15. The number of hydrogen-bond acceptors (Lipinski definition) is 6. The maximum absolute atomic E-state index is 12.4. The average molecular weight is 373 g/mol. The van der Waals surface area contributed by atoms with Gasteiger partial charge in [-0.2, -0.15) is 0 Å². The number of anilines is 1. The smallest absolute Gasteiger partial charge is 0.325 e. The monoisotopic (exact) mass is 373 g/mol. The molecular weight excluding hydrogens is 354 g/mol. The maximum Gasteiger partial charge on any atom is 0.325 e. The van der Waals surface area contributed by atoms with E-state index in [1.807, 2.05) is 44.2 Å². The lowest BCUT2D eigenvalue weighted by Gasteiger charge is -2.12. The van der Waals surface area contributed by atoms with Crippen LogP contribution in [0.2, 0.25) is 0 Å². The lowest BCUT2D eigenvalue weighted by atomic mass is 10.2. The van der Waals surface area contributed by atoms with Crippen molar-refractivity contribution in [3.63, 3.8) is 0 Å². The van der Waals surface area contributed by atoms with Gasteiger partial charge >= 0.3 is 6.03 Å². The van der Waals surface area contributed by atoms with Crippen LogP contribution in [0.25, 0.3) is 0 Å². The SMILES string of the molecule is CC(C)c1nnc(NC(=O)CC2NC(=O)N(Cc3ccccc3)C2=O)s1. The number of nitrogens with one attached hydrogen (secondary N) is 2. The van der Waals surface area contributed by atoms with Gasteiger partial charge in [-0.15, -0.1) is 10.2 Å². The second-order valence-electron chi connectivity index (χ2n) is 6.26. The molecule has 1 aromatic carbocycles. The molecule has 0 radical (unpaired) electrons. The van der Waals surface area contributed by atoms with E-state index in [9.17, 15) is 14.4 Å². The maximum atomic E-state index is 12.4. The lowest BCUT2D eigenvalue weighted by Crippen LogP contribution is -2.34. The van der Waals surface area contributed by atoms with Gasteiger partial charge in [-0.1, -0.05) is 55.5 Å². The van der Waals surface area contributed by atoms with Gasteiger partial charge in [-0.3, -0.25) is 14.5 Å². The van der Waals surface area contributed by atoms with Crippen LogP contribution >= 0.6 is 11.3 Å². The molecule has 1 aromatic heterocycles. The van der Waals surface area contributed by atoms with Crippen molar-refractivity contribution in [3.8, 4) is 0 Å². The van der Waals surface area contributed by atoms with Gasteiger partial charge in [0.1, 0.15) is 11.0 Å². The Kier molecular flexibility index (Phi) is 5.27. The van der Waals surface area contributed by atoms with Gasteiger partial charge in [0.05, 0.1) is 13.0 Å². The fourth-order valence-corrected chi connectivity index (χ4v) is 3.27. The molecule has 1 saturated heterocycles. The Bertz CT molecular complexity index is 821. The van der Waals surface area contributed by atoms with E-state index in [1.54, 1.807) is 0 Å². The predicted octanol–water partition coefficient (Wildman–Crippen LogP) is 2.11. The third-order valence-electron chi connectivity index (χ3n) is 3.86. The third kappa shape index (κ3) is 4.05. The van der Waals surface area contributed by atoms with Crippen molar-refractivity contribution >= 4 is 34.3 Å². The summed E-state index contributed by atoms with van der Waals surface area (Å²) in [5.41, 5.74) is 0.844. The molecule has 2 N–H and O–H groups in total. The van der Waals surface area contributed by atoms with Crippen LogP contribution < -0.4 is 10.6 Å². The van der Waals surface area contributed by atoms with Crippen molar-refractivity contribution in [1.82, 2.24) is 20.4 Å². The van der Waals surface area contributed by atoms with Crippen molar-refractivity contribution < 1.29 is 14.4 Å². The predicted molar refractivity (Wildman–Crippen MR) is 96.6 cm³/mol. The van der Waals surface area contributed by atoms with Gasteiger partial charge in [-0.05, 0) is 5.56 Å². The Morgan fingerprint density at radius 2 is 2.00 bits per heavy atom. The van der Waals surface area contributed by atoms with Crippen LogP contribution in [0.4, 0.5) is 9.93 Å². The molecule has 1 aliphatic heterocycles. The van der Waals surface area contributed by atoms with Crippen molar-refractivity contribution in [2.24, 2.45) is 0 Å². The van der Waals surface area contributed by atoms with E-state index in [-0.39, 0.29) is 18.9 Å². The number of nitrogens with zero attached hydrogens (tertiary/aromatic N) is 3. The number of benzene rings is 1. The molecule has 9 heteroatoms. The minimum absolute atomic E-state index is 0.146. The highest BCUT2D eigenvalue weighted by Gasteiger charge is 2.39. The standard InChI is InChI=1S/C17H19N5O3S/c1-10(2)14-20-21-16(26-14)19-13(23)8-12-15(24)22(17(25)18-12)9-11-6-4-3-5-7-11/h3-7,10,12H,8-9H2,1-2H3,(H,18,25)(H,19,21,23). The lowest BCUT2D eigenvalue weighted by molar-refractivity contribution is -0.130. The molecule has 1 unspecified atom stereocenters. The quantitative estimate of drug-likeness (QED) is 0.755. The van der Waals surface area contributed by atoms with Crippen LogP contribution in [-0.2, 0) is 16.1 Å². The van der Waals surface area contributed by atoms with Gasteiger partial charge in [0.25, 0.3) is 5.91 Å². The number of hydrogen-bond donors (Lipinski definition) is 2. The van der Waals surface area contributed by atoms with Crippen LogP contribution in [0, 0.1) is 0 Å². The number of aromatic nitrogens is 2. The van der Waals surface area contributed by atoms with Crippen LogP contribution in [0.5, 0.6) is 0 Å². The fraction of sp³-hybridized carbons (Fsp3) is 0.353. The Labute approximate surface area is 154 Å². The molecule has 4 amide bonds. The molecule has 1 fully saturated rings. The molecule has 3 rings (SSSR count). The number of carbonyl (C=O) groups excluding carboxylic acids is 3. The summed E-state index contributed by atoms with van der Waals surface area (Å²) in [7, 11) is 0. The van der Waals surface area contributed by atoms with Crippen molar-refractivity contribution in [2.45, 2.75) is 38.8 Å². The topological polar surface area (TPSA) is 104 Å². The molecule has 136 valence electrons. The van der Waals surface area contributed by atoms with Crippen LogP contribution in [0.15, 0.2) is 30.3 Å². The van der Waals surface area contributed by atoms with E-state index in [1.165, 1.54) is 11.3 Å². The zero-order chi connectivity index (χ0) is 18.7. The molecule has 1 atom stereocenters. The summed E-state index contributed by atoms with van der Waals surface area (Å²) in [6, 6.07) is 7.85. The fourth-order valence-electron chi connectivity index (χ4n) is 2.51. The first-order chi connectivity index (χ1) is 12.4. The summed E-state index contributed by atoms with van der Waals surface area (Å²) in [4.78, 5) is 37.8. The van der Waals surface area contributed by atoms with Crippen LogP contribution in [0.1, 0.15) is 36.8 Å². The Balaban J connectivity index is 1.58. The van der Waals surface area contributed by atoms with Crippen molar-refractivity contribution in [2.75, 3.05) is 5.32 Å². The summed E-state index contributed by atoms with van der Waals surface area (Å²) < 4.78 is 0. The second-order valence-corrected chi connectivity index (χ2v) is 7.27. The normalized spacial score (nSPS) is 16.9. The molecule has 0 bridgehead atoms. The van der Waals surface area contributed by atoms with Gasteiger partial charge in [0.15, 0.2) is 0 Å². The van der Waals surface area contributed by atoms with E-state index >= 15 is 0 Å². The van der Waals surface area contributed by atoms with Crippen molar-refractivity contribution in [3.05, 3.63) is 40.9 Å². The van der Waals surface area contributed by atoms with Crippen molar-refractivity contribution in [1.29, 1.82) is 0 Å². The van der Waals surface area contributed by atoms with E-state index in [2.05, 4.69) is 20.8 Å². The molecule has 1 aliphatic rings. The largest absolute Gasteiger partial charge is 0.325 e. The number of urea groups is 1. The number of imide groups is 1. The molecule has 0 spiro atoms. The molecule has 26 heavy (non-hydrogen) atoms. The van der Waals surface area contributed by atoms with Gasteiger partial charge in [-0.25, -0.2) is 4.79 Å². The first kappa shape index (κ1) is 18.0. The molecule has 2 heterocycles. The van der Waals surface area contributed by atoms with Gasteiger partial charge in [0.2, 0.25) is 11.0 Å². The number of rotatable bonds is 6. The summed E-state index contributed by atoms with van der Waals surface area (Å²) in [5.74, 6) is -0.578. The highest BCUT2D eigenvalue weighted by molar-refractivity contribution is 7.15. The van der Waals surface area contributed by atoms with Gasteiger partial charge < -0.3 is 10.6 Å². The summed E-state index contributed by atoms with van der Waals surface area (Å²) in [6.07, 6.45) is -0.146. The zero-order valence-electron chi connectivity index (χ0n) is 14.4. The third-order valence-corrected chi connectivity index (χ3v) is 5.00. The highest BCUT2D eigenvalue weighted by atomic mass is 32.1. The molecule has 0 saturated carbocycles. The average Bonchev–Trinajstić information content (AvgIpc) is 3.16. The molecular formula is C17H19N5O3S. The minimum atomic E-state index is -0.872. The van der Waals surface area contributed by atoms with E-state index in [0.717, 1.165) is 15.5 Å². The summed E-state index contributed by atoms with van der Waals surface area (Å²) >= 11 is 1.29. The van der Waals surface area contributed by atoms with Crippen LogP contribution in [0.3, 0.4) is 0 Å². The zero-order valence-corrected chi connectivity index (χ0v) is 15.2. The Morgan fingerprint density at radius 1 is 1.27 bits per heavy atom. The van der Waals surface area contributed by atoms with Crippen LogP contribution in [-0.4, -0.2) is 39.0 Å². The van der Waals surface area contributed by atoms with E-state index in [4.69, 9.17) is 0 Å². The highest BCUT2D eigenvalue weighted by Crippen LogP contribution is 2.23. The Morgan fingerprint density at radius 3 is 2.65 bits per heavy atom.